The maximum absolute atomic E-state index is 14.1. The third-order valence-corrected chi connectivity index (χ3v) is 4.21. The second-order valence-corrected chi connectivity index (χ2v) is 5.49. The lowest BCUT2D eigenvalue weighted by Crippen LogP contribution is -2.52. The van der Waals surface area contributed by atoms with E-state index in [1.165, 1.54) is 0 Å². The summed E-state index contributed by atoms with van der Waals surface area (Å²) in [6.45, 7) is 0. The van der Waals surface area contributed by atoms with Crippen molar-refractivity contribution >= 4 is 0 Å². The first-order valence-electron chi connectivity index (χ1n) is 6.46. The van der Waals surface area contributed by atoms with E-state index in [9.17, 15) is 13.9 Å². The smallest absolute Gasteiger partial charge is 0.254 e. The van der Waals surface area contributed by atoms with E-state index in [1.54, 1.807) is 24.3 Å². The number of fused-ring (bicyclic) bond motifs is 2. The van der Waals surface area contributed by atoms with Crippen LogP contribution in [0.4, 0.5) is 8.78 Å². The molecule has 3 rings (SSSR count). The van der Waals surface area contributed by atoms with Crippen LogP contribution in [0.15, 0.2) is 24.3 Å². The summed E-state index contributed by atoms with van der Waals surface area (Å²) in [5.74, 6) is -3.02. The first-order valence-corrected chi connectivity index (χ1v) is 6.46. The molecule has 2 heterocycles. The van der Waals surface area contributed by atoms with Gasteiger partial charge < -0.3 is 10.4 Å². The van der Waals surface area contributed by atoms with E-state index in [1.807, 2.05) is 0 Å². The lowest BCUT2D eigenvalue weighted by Gasteiger charge is -2.37. The molecule has 0 saturated carbocycles. The number of alkyl halides is 2. The van der Waals surface area contributed by atoms with E-state index in [0.717, 1.165) is 18.4 Å². The lowest BCUT2D eigenvalue weighted by atomic mass is 9.83. The standard InChI is InChI=1S/C14H17F2NO/c15-14(16)8-10-3-6-13(17-10)12(14)7-9-1-4-11(18)5-2-9/h1-2,4-5,10,12-13,17-18H,3,6-8H2. The average Bonchev–Trinajstić information content (AvgIpc) is 2.70. The van der Waals surface area contributed by atoms with Gasteiger partial charge in [-0.05, 0) is 37.0 Å². The van der Waals surface area contributed by atoms with Crippen molar-refractivity contribution in [2.75, 3.05) is 0 Å². The van der Waals surface area contributed by atoms with E-state index in [2.05, 4.69) is 5.32 Å². The highest BCUT2D eigenvalue weighted by Crippen LogP contribution is 2.43. The second kappa shape index (κ2) is 4.19. The third-order valence-electron chi connectivity index (χ3n) is 4.21. The number of piperidine rings is 1. The van der Waals surface area contributed by atoms with Crippen LogP contribution in [0.25, 0.3) is 0 Å². The first-order chi connectivity index (χ1) is 8.54. The Labute approximate surface area is 105 Å². The molecule has 3 atom stereocenters. The van der Waals surface area contributed by atoms with Crippen LogP contribution in [0.1, 0.15) is 24.8 Å². The van der Waals surface area contributed by atoms with E-state index >= 15 is 0 Å². The normalized spacial score (nSPS) is 33.6. The van der Waals surface area contributed by atoms with Crippen molar-refractivity contribution in [1.29, 1.82) is 0 Å². The second-order valence-electron chi connectivity index (χ2n) is 5.49. The van der Waals surface area contributed by atoms with Crippen molar-refractivity contribution in [2.24, 2.45) is 5.92 Å². The molecular weight excluding hydrogens is 236 g/mol. The zero-order valence-electron chi connectivity index (χ0n) is 10.1. The highest BCUT2D eigenvalue weighted by Gasteiger charge is 2.52. The van der Waals surface area contributed by atoms with E-state index in [4.69, 9.17) is 0 Å². The topological polar surface area (TPSA) is 32.3 Å². The molecule has 2 nitrogen and oxygen atoms in total. The molecule has 2 aliphatic heterocycles. The highest BCUT2D eigenvalue weighted by atomic mass is 19.3. The van der Waals surface area contributed by atoms with Gasteiger partial charge in [-0.1, -0.05) is 12.1 Å². The minimum atomic E-state index is -2.57. The predicted molar refractivity (Wildman–Crippen MR) is 64.8 cm³/mol. The number of aromatic hydroxyl groups is 1. The van der Waals surface area contributed by atoms with Crippen molar-refractivity contribution in [2.45, 2.75) is 43.7 Å². The van der Waals surface area contributed by atoms with Gasteiger partial charge >= 0.3 is 0 Å². The fraction of sp³-hybridized carbons (Fsp3) is 0.571. The molecule has 0 spiro atoms. The Balaban J connectivity index is 1.79. The maximum Gasteiger partial charge on any atom is 0.254 e. The van der Waals surface area contributed by atoms with Crippen LogP contribution >= 0.6 is 0 Å². The zero-order chi connectivity index (χ0) is 12.8. The van der Waals surface area contributed by atoms with Crippen LogP contribution in [-0.2, 0) is 6.42 Å². The van der Waals surface area contributed by atoms with Crippen LogP contribution < -0.4 is 5.32 Å². The van der Waals surface area contributed by atoms with Gasteiger partial charge in [0.05, 0.1) is 0 Å². The third kappa shape index (κ3) is 2.09. The summed E-state index contributed by atoms with van der Waals surface area (Å²) >= 11 is 0. The molecule has 2 fully saturated rings. The zero-order valence-corrected chi connectivity index (χ0v) is 10.1. The van der Waals surface area contributed by atoms with Crippen LogP contribution in [0.5, 0.6) is 5.75 Å². The Morgan fingerprint density at radius 3 is 2.67 bits per heavy atom. The molecule has 1 aromatic carbocycles. The van der Waals surface area contributed by atoms with Gasteiger partial charge in [-0.25, -0.2) is 8.78 Å². The van der Waals surface area contributed by atoms with Crippen LogP contribution in [0.2, 0.25) is 0 Å². The molecule has 98 valence electrons. The minimum absolute atomic E-state index is 0.000989. The van der Waals surface area contributed by atoms with Crippen molar-refractivity contribution in [3.8, 4) is 5.75 Å². The van der Waals surface area contributed by atoms with E-state index < -0.39 is 11.8 Å². The van der Waals surface area contributed by atoms with Crippen LogP contribution in [-0.4, -0.2) is 23.1 Å². The number of phenols is 1. The van der Waals surface area contributed by atoms with Gasteiger partial charge in [-0.3, -0.25) is 0 Å². The van der Waals surface area contributed by atoms with E-state index in [0.29, 0.717) is 6.42 Å². The number of hydrogen-bond acceptors (Lipinski definition) is 2. The Morgan fingerprint density at radius 1 is 1.22 bits per heavy atom. The Hall–Kier alpha value is -1.16. The summed E-state index contributed by atoms with van der Waals surface area (Å²) in [5.41, 5.74) is 0.865. The fourth-order valence-electron chi connectivity index (χ4n) is 3.28. The van der Waals surface area contributed by atoms with Gasteiger partial charge in [0.2, 0.25) is 0 Å². The number of rotatable bonds is 2. The lowest BCUT2D eigenvalue weighted by molar-refractivity contribution is -0.0954. The Kier molecular flexibility index (Phi) is 2.77. The molecule has 1 aromatic rings. The molecule has 18 heavy (non-hydrogen) atoms. The summed E-state index contributed by atoms with van der Waals surface area (Å²) in [5, 5.41) is 12.5. The highest BCUT2D eigenvalue weighted by molar-refractivity contribution is 5.26. The number of hydrogen-bond donors (Lipinski definition) is 2. The average molecular weight is 253 g/mol. The molecule has 2 saturated heterocycles. The first kappa shape index (κ1) is 11.9. The van der Waals surface area contributed by atoms with Crippen molar-refractivity contribution in [1.82, 2.24) is 5.32 Å². The number of nitrogens with one attached hydrogen (secondary N) is 1. The SMILES string of the molecule is Oc1ccc(CC2C3CCC(CC2(F)F)N3)cc1. The molecule has 2 bridgehead atoms. The Morgan fingerprint density at radius 2 is 1.94 bits per heavy atom. The van der Waals surface area contributed by atoms with Crippen molar-refractivity contribution in [3.05, 3.63) is 29.8 Å². The van der Waals surface area contributed by atoms with Crippen LogP contribution in [0.3, 0.4) is 0 Å². The van der Waals surface area contributed by atoms with Crippen molar-refractivity contribution < 1.29 is 13.9 Å². The number of halogens is 2. The molecule has 4 heteroatoms. The van der Waals surface area contributed by atoms with Gasteiger partial charge in [0.25, 0.3) is 5.92 Å². The molecular formula is C14H17F2NO. The monoisotopic (exact) mass is 253 g/mol. The number of phenolic OH excluding ortho intramolecular Hbond substituents is 1. The molecule has 3 unspecified atom stereocenters. The summed E-state index contributed by atoms with van der Waals surface area (Å²) < 4.78 is 28.2. The van der Waals surface area contributed by atoms with Crippen LogP contribution in [0, 0.1) is 5.92 Å². The molecule has 2 aliphatic rings. The fourth-order valence-corrected chi connectivity index (χ4v) is 3.28. The van der Waals surface area contributed by atoms with Gasteiger partial charge in [-0.15, -0.1) is 0 Å². The van der Waals surface area contributed by atoms with Gasteiger partial charge in [0.1, 0.15) is 5.75 Å². The van der Waals surface area contributed by atoms with Gasteiger partial charge in [0, 0.05) is 24.4 Å². The predicted octanol–water partition coefficient (Wildman–Crippen LogP) is 2.71. The summed E-state index contributed by atoms with van der Waals surface area (Å²) in [7, 11) is 0. The van der Waals surface area contributed by atoms with E-state index in [-0.39, 0.29) is 24.3 Å². The summed E-state index contributed by atoms with van der Waals surface area (Å²) in [4.78, 5) is 0. The minimum Gasteiger partial charge on any atom is -0.508 e. The Bertz CT molecular complexity index is 432. The van der Waals surface area contributed by atoms with Gasteiger partial charge in [0.15, 0.2) is 0 Å². The molecule has 0 amide bonds. The molecule has 0 radical (unpaired) electrons. The maximum atomic E-state index is 14.1. The summed E-state index contributed by atoms with van der Waals surface area (Å²) in [6.07, 6.45) is 2.05. The molecule has 0 aliphatic carbocycles. The quantitative estimate of drug-likeness (QED) is 0.849. The van der Waals surface area contributed by atoms with Crippen molar-refractivity contribution in [3.63, 3.8) is 0 Å². The summed E-state index contributed by atoms with van der Waals surface area (Å²) in [6, 6.07) is 6.51. The van der Waals surface area contributed by atoms with Gasteiger partial charge in [-0.2, -0.15) is 0 Å². The molecule has 0 aromatic heterocycles. The number of benzene rings is 1. The molecule has 2 N–H and O–H groups in total. The largest absolute Gasteiger partial charge is 0.508 e.